The van der Waals surface area contributed by atoms with Crippen LogP contribution in [0.4, 0.5) is 5.69 Å². The molecule has 0 aliphatic heterocycles. The molecule has 0 bridgehead atoms. The maximum atomic E-state index is 12.3. The molecule has 1 heterocycles. The number of nitrogen functional groups attached to an aromatic ring is 1. The fraction of sp³-hybridized carbons (Fsp3) is 0.538. The topological polar surface area (TPSA) is 75.0 Å². The third-order valence-electron chi connectivity index (χ3n) is 2.72. The predicted octanol–water partition coefficient (Wildman–Crippen LogP) is 1.98. The molecule has 0 radical (unpaired) electrons. The number of anilines is 1. The molecule has 1 amide bonds. The Morgan fingerprint density at radius 2 is 2.17 bits per heavy atom. The standard InChI is InChI=1S/C13H22N4O/c1-5-7-10-11(14)12(16-15-10)13(18)17(6-2)8-9(3)4/h3,5-8,14H2,1-2,4H3,(H,15,16). The van der Waals surface area contributed by atoms with Crippen LogP contribution >= 0.6 is 0 Å². The second-order valence-electron chi connectivity index (χ2n) is 4.49. The first-order valence-electron chi connectivity index (χ1n) is 6.27. The number of nitrogens with two attached hydrogens (primary N) is 1. The van der Waals surface area contributed by atoms with Crippen LogP contribution in [0.15, 0.2) is 12.2 Å². The molecule has 0 aliphatic carbocycles. The van der Waals surface area contributed by atoms with Gasteiger partial charge in [-0.3, -0.25) is 9.89 Å². The van der Waals surface area contributed by atoms with Crippen molar-refractivity contribution in [2.75, 3.05) is 18.8 Å². The summed E-state index contributed by atoms with van der Waals surface area (Å²) in [6.07, 6.45) is 1.77. The molecule has 3 N–H and O–H groups in total. The fourth-order valence-corrected chi connectivity index (χ4v) is 1.79. The van der Waals surface area contributed by atoms with Crippen LogP contribution in [-0.4, -0.2) is 34.1 Å². The SMILES string of the molecule is C=C(C)CN(CC)C(=O)c1n[nH]c(CCC)c1N. The zero-order valence-electron chi connectivity index (χ0n) is 11.4. The highest BCUT2D eigenvalue weighted by Crippen LogP contribution is 2.17. The van der Waals surface area contributed by atoms with Crippen molar-refractivity contribution in [1.29, 1.82) is 0 Å². The van der Waals surface area contributed by atoms with Crippen molar-refractivity contribution in [1.82, 2.24) is 15.1 Å². The Kier molecular flexibility index (Phi) is 4.95. The molecule has 0 saturated carbocycles. The Morgan fingerprint density at radius 1 is 1.50 bits per heavy atom. The summed E-state index contributed by atoms with van der Waals surface area (Å²) in [6, 6.07) is 0. The third kappa shape index (κ3) is 3.12. The van der Waals surface area contributed by atoms with Gasteiger partial charge < -0.3 is 10.6 Å². The lowest BCUT2D eigenvalue weighted by molar-refractivity contribution is 0.0773. The lowest BCUT2D eigenvalue weighted by Gasteiger charge is -2.19. The maximum Gasteiger partial charge on any atom is 0.276 e. The molecule has 5 heteroatoms. The van der Waals surface area contributed by atoms with Crippen molar-refractivity contribution in [3.63, 3.8) is 0 Å². The van der Waals surface area contributed by atoms with Gasteiger partial charge in [0.2, 0.25) is 0 Å². The van der Waals surface area contributed by atoms with Gasteiger partial charge in [0.25, 0.3) is 5.91 Å². The largest absolute Gasteiger partial charge is 0.395 e. The van der Waals surface area contributed by atoms with Gasteiger partial charge in [0.05, 0.1) is 11.4 Å². The summed E-state index contributed by atoms with van der Waals surface area (Å²) < 4.78 is 0. The Labute approximate surface area is 108 Å². The van der Waals surface area contributed by atoms with Crippen LogP contribution in [0.1, 0.15) is 43.4 Å². The van der Waals surface area contributed by atoms with Crippen LogP contribution in [0.2, 0.25) is 0 Å². The van der Waals surface area contributed by atoms with Gasteiger partial charge in [-0.05, 0) is 20.3 Å². The number of likely N-dealkylation sites (N-methyl/N-ethyl adjacent to an activating group) is 1. The average molecular weight is 250 g/mol. The number of rotatable bonds is 6. The number of H-pyrrole nitrogens is 1. The Morgan fingerprint density at radius 3 is 2.67 bits per heavy atom. The molecule has 1 rings (SSSR count). The number of carbonyl (C=O) groups is 1. The Bertz CT molecular complexity index is 436. The van der Waals surface area contributed by atoms with E-state index >= 15 is 0 Å². The van der Waals surface area contributed by atoms with E-state index in [2.05, 4.69) is 23.7 Å². The summed E-state index contributed by atoms with van der Waals surface area (Å²) in [5, 5.41) is 6.88. The summed E-state index contributed by atoms with van der Waals surface area (Å²) in [7, 11) is 0. The number of hydrogen-bond acceptors (Lipinski definition) is 3. The van der Waals surface area contributed by atoms with Gasteiger partial charge in [-0.2, -0.15) is 5.10 Å². The number of hydrogen-bond donors (Lipinski definition) is 2. The molecule has 0 aromatic carbocycles. The second-order valence-corrected chi connectivity index (χ2v) is 4.49. The van der Waals surface area contributed by atoms with Gasteiger partial charge in [0.15, 0.2) is 5.69 Å². The second kappa shape index (κ2) is 6.23. The number of amides is 1. The molecule has 100 valence electrons. The predicted molar refractivity (Wildman–Crippen MR) is 73.4 cm³/mol. The van der Waals surface area contributed by atoms with Crippen molar-refractivity contribution in [2.45, 2.75) is 33.6 Å². The van der Waals surface area contributed by atoms with E-state index in [1.807, 2.05) is 13.8 Å². The molecular formula is C13H22N4O. The van der Waals surface area contributed by atoms with Crippen LogP contribution in [0, 0.1) is 0 Å². The number of nitrogens with one attached hydrogen (secondary N) is 1. The van der Waals surface area contributed by atoms with E-state index in [1.165, 1.54) is 0 Å². The summed E-state index contributed by atoms with van der Waals surface area (Å²) in [5.41, 5.74) is 8.52. The van der Waals surface area contributed by atoms with Crippen LogP contribution in [-0.2, 0) is 6.42 Å². The highest BCUT2D eigenvalue weighted by Gasteiger charge is 2.21. The first kappa shape index (κ1) is 14.3. The molecule has 0 saturated heterocycles. The lowest BCUT2D eigenvalue weighted by atomic mass is 10.2. The number of aromatic amines is 1. The third-order valence-corrected chi connectivity index (χ3v) is 2.72. The molecule has 0 spiro atoms. The van der Waals surface area contributed by atoms with Gasteiger partial charge in [-0.15, -0.1) is 0 Å². The van der Waals surface area contributed by atoms with Gasteiger partial charge in [0, 0.05) is 13.1 Å². The summed E-state index contributed by atoms with van der Waals surface area (Å²) in [5.74, 6) is -0.142. The van der Waals surface area contributed by atoms with Crippen molar-refractivity contribution in [2.24, 2.45) is 0 Å². The van der Waals surface area contributed by atoms with Crippen molar-refractivity contribution in [3.05, 3.63) is 23.5 Å². The van der Waals surface area contributed by atoms with E-state index in [1.54, 1.807) is 4.90 Å². The van der Waals surface area contributed by atoms with Gasteiger partial charge in [-0.25, -0.2) is 0 Å². The monoisotopic (exact) mass is 250 g/mol. The normalized spacial score (nSPS) is 10.4. The lowest BCUT2D eigenvalue weighted by Crippen LogP contribution is -2.32. The summed E-state index contributed by atoms with van der Waals surface area (Å²) in [6.45, 7) is 10.8. The highest BCUT2D eigenvalue weighted by atomic mass is 16.2. The van der Waals surface area contributed by atoms with Crippen LogP contribution in [0.5, 0.6) is 0 Å². The maximum absolute atomic E-state index is 12.3. The van der Waals surface area contributed by atoms with E-state index in [4.69, 9.17) is 5.73 Å². The fourth-order valence-electron chi connectivity index (χ4n) is 1.79. The quantitative estimate of drug-likeness (QED) is 0.758. The van der Waals surface area contributed by atoms with Gasteiger partial charge in [0.1, 0.15) is 0 Å². The molecule has 0 fully saturated rings. The molecule has 0 aliphatic rings. The minimum Gasteiger partial charge on any atom is -0.395 e. The molecule has 0 atom stereocenters. The first-order chi connectivity index (χ1) is 8.51. The van der Waals surface area contributed by atoms with Crippen molar-refractivity contribution in [3.8, 4) is 0 Å². The Balaban J connectivity index is 2.91. The van der Waals surface area contributed by atoms with E-state index in [-0.39, 0.29) is 5.91 Å². The molecule has 18 heavy (non-hydrogen) atoms. The van der Waals surface area contributed by atoms with Crippen molar-refractivity contribution < 1.29 is 4.79 Å². The van der Waals surface area contributed by atoms with Gasteiger partial charge >= 0.3 is 0 Å². The zero-order chi connectivity index (χ0) is 13.7. The number of aryl methyl sites for hydroxylation is 1. The molecule has 1 aromatic heterocycles. The van der Waals surface area contributed by atoms with Gasteiger partial charge in [-0.1, -0.05) is 25.5 Å². The first-order valence-corrected chi connectivity index (χ1v) is 6.27. The van der Waals surface area contributed by atoms with E-state index in [0.717, 1.165) is 24.1 Å². The number of carbonyl (C=O) groups excluding carboxylic acids is 1. The smallest absolute Gasteiger partial charge is 0.276 e. The van der Waals surface area contributed by atoms with E-state index in [9.17, 15) is 4.79 Å². The molecule has 0 unspecified atom stereocenters. The number of aromatic nitrogens is 2. The van der Waals surface area contributed by atoms with Crippen LogP contribution < -0.4 is 5.73 Å². The van der Waals surface area contributed by atoms with Crippen LogP contribution in [0.3, 0.4) is 0 Å². The molecule has 5 nitrogen and oxygen atoms in total. The average Bonchev–Trinajstić information content (AvgIpc) is 2.67. The van der Waals surface area contributed by atoms with E-state index < -0.39 is 0 Å². The molecular weight excluding hydrogens is 228 g/mol. The highest BCUT2D eigenvalue weighted by molar-refractivity contribution is 5.97. The number of nitrogens with zero attached hydrogens (tertiary/aromatic N) is 2. The zero-order valence-corrected chi connectivity index (χ0v) is 11.4. The molecule has 1 aromatic rings. The minimum absolute atomic E-state index is 0.142. The minimum atomic E-state index is -0.142. The Hall–Kier alpha value is -1.78. The van der Waals surface area contributed by atoms with E-state index in [0.29, 0.717) is 24.5 Å². The van der Waals surface area contributed by atoms with Crippen molar-refractivity contribution >= 4 is 11.6 Å². The summed E-state index contributed by atoms with van der Waals surface area (Å²) >= 11 is 0. The van der Waals surface area contributed by atoms with Crippen LogP contribution in [0.25, 0.3) is 0 Å². The summed E-state index contributed by atoms with van der Waals surface area (Å²) in [4.78, 5) is 14.0.